The van der Waals surface area contributed by atoms with Gasteiger partial charge in [-0.05, 0) is 42.5 Å². The molecular formula is C16H16BrNO3. The van der Waals surface area contributed by atoms with Crippen LogP contribution < -0.4 is 14.8 Å². The Morgan fingerprint density at radius 3 is 2.57 bits per heavy atom. The SMILES string of the molecule is COc1ccc(C(=O)NCCOc2cccc(Br)c2)cc1. The summed E-state index contributed by atoms with van der Waals surface area (Å²) in [6.07, 6.45) is 0. The van der Waals surface area contributed by atoms with Gasteiger partial charge in [-0.1, -0.05) is 22.0 Å². The third-order valence-electron chi connectivity index (χ3n) is 2.80. The van der Waals surface area contributed by atoms with Gasteiger partial charge in [-0.2, -0.15) is 0 Å². The maximum Gasteiger partial charge on any atom is 0.251 e. The van der Waals surface area contributed by atoms with Crippen molar-refractivity contribution in [2.45, 2.75) is 0 Å². The molecule has 0 aliphatic rings. The first-order valence-corrected chi connectivity index (χ1v) is 7.29. The zero-order chi connectivity index (χ0) is 15.1. The summed E-state index contributed by atoms with van der Waals surface area (Å²) in [5.41, 5.74) is 0.596. The van der Waals surface area contributed by atoms with Gasteiger partial charge in [-0.3, -0.25) is 4.79 Å². The zero-order valence-corrected chi connectivity index (χ0v) is 13.2. The van der Waals surface area contributed by atoms with Crippen LogP contribution in [0.15, 0.2) is 53.0 Å². The molecule has 0 saturated carbocycles. The van der Waals surface area contributed by atoms with Crippen LogP contribution in [-0.4, -0.2) is 26.2 Å². The molecule has 0 atom stereocenters. The Labute approximate surface area is 132 Å². The quantitative estimate of drug-likeness (QED) is 0.814. The summed E-state index contributed by atoms with van der Waals surface area (Å²) in [6.45, 7) is 0.857. The zero-order valence-electron chi connectivity index (χ0n) is 11.6. The van der Waals surface area contributed by atoms with Gasteiger partial charge in [0.25, 0.3) is 5.91 Å². The molecule has 2 rings (SSSR count). The molecule has 1 amide bonds. The van der Waals surface area contributed by atoms with E-state index in [1.165, 1.54) is 0 Å². The summed E-state index contributed by atoms with van der Waals surface area (Å²) >= 11 is 3.38. The van der Waals surface area contributed by atoms with E-state index < -0.39 is 0 Å². The third-order valence-corrected chi connectivity index (χ3v) is 3.30. The smallest absolute Gasteiger partial charge is 0.251 e. The lowest BCUT2D eigenvalue weighted by atomic mass is 10.2. The summed E-state index contributed by atoms with van der Waals surface area (Å²) in [5, 5.41) is 2.80. The molecular weight excluding hydrogens is 334 g/mol. The van der Waals surface area contributed by atoms with Gasteiger partial charge < -0.3 is 14.8 Å². The van der Waals surface area contributed by atoms with Gasteiger partial charge in [0, 0.05) is 10.0 Å². The highest BCUT2D eigenvalue weighted by Gasteiger charge is 2.04. The van der Waals surface area contributed by atoms with Crippen LogP contribution in [0.2, 0.25) is 0 Å². The van der Waals surface area contributed by atoms with Crippen molar-refractivity contribution in [1.82, 2.24) is 5.32 Å². The number of halogens is 1. The van der Waals surface area contributed by atoms with Gasteiger partial charge in [0.05, 0.1) is 13.7 Å². The molecule has 0 aliphatic heterocycles. The summed E-state index contributed by atoms with van der Waals surface area (Å²) in [4.78, 5) is 11.9. The van der Waals surface area contributed by atoms with Crippen molar-refractivity contribution >= 4 is 21.8 Å². The molecule has 0 aliphatic carbocycles. The molecule has 0 radical (unpaired) electrons. The molecule has 0 aromatic heterocycles. The van der Waals surface area contributed by atoms with Gasteiger partial charge in [0.2, 0.25) is 0 Å². The number of rotatable bonds is 6. The highest BCUT2D eigenvalue weighted by molar-refractivity contribution is 9.10. The lowest BCUT2D eigenvalue weighted by Gasteiger charge is -2.08. The first-order valence-electron chi connectivity index (χ1n) is 6.49. The van der Waals surface area contributed by atoms with Gasteiger partial charge in [0.1, 0.15) is 18.1 Å². The molecule has 0 saturated heterocycles. The largest absolute Gasteiger partial charge is 0.497 e. The second-order valence-electron chi connectivity index (χ2n) is 4.29. The van der Waals surface area contributed by atoms with E-state index in [9.17, 15) is 4.79 Å². The van der Waals surface area contributed by atoms with E-state index in [2.05, 4.69) is 21.2 Å². The normalized spacial score (nSPS) is 10.0. The molecule has 2 aromatic carbocycles. The van der Waals surface area contributed by atoms with Gasteiger partial charge in [-0.25, -0.2) is 0 Å². The van der Waals surface area contributed by atoms with E-state index in [4.69, 9.17) is 9.47 Å². The number of carbonyl (C=O) groups excluding carboxylic acids is 1. The fourth-order valence-electron chi connectivity index (χ4n) is 1.73. The van der Waals surface area contributed by atoms with Crippen molar-refractivity contribution in [2.24, 2.45) is 0 Å². The lowest BCUT2D eigenvalue weighted by Crippen LogP contribution is -2.28. The van der Waals surface area contributed by atoms with Crippen LogP contribution in [0.3, 0.4) is 0 Å². The van der Waals surface area contributed by atoms with E-state index in [1.54, 1.807) is 31.4 Å². The summed E-state index contributed by atoms with van der Waals surface area (Å²) in [7, 11) is 1.59. The van der Waals surface area contributed by atoms with Crippen molar-refractivity contribution in [2.75, 3.05) is 20.3 Å². The van der Waals surface area contributed by atoms with E-state index in [-0.39, 0.29) is 5.91 Å². The van der Waals surface area contributed by atoms with Gasteiger partial charge >= 0.3 is 0 Å². The molecule has 110 valence electrons. The molecule has 0 heterocycles. The van der Waals surface area contributed by atoms with E-state index in [0.717, 1.165) is 16.0 Å². The first-order chi connectivity index (χ1) is 10.2. The van der Waals surface area contributed by atoms with Crippen molar-refractivity contribution in [1.29, 1.82) is 0 Å². The molecule has 2 aromatic rings. The minimum absolute atomic E-state index is 0.129. The Morgan fingerprint density at radius 1 is 1.14 bits per heavy atom. The Bertz CT molecular complexity index is 599. The number of amides is 1. The molecule has 1 N–H and O–H groups in total. The number of methoxy groups -OCH3 is 1. The Balaban J connectivity index is 1.76. The Morgan fingerprint density at radius 2 is 1.90 bits per heavy atom. The topological polar surface area (TPSA) is 47.6 Å². The second kappa shape index (κ2) is 7.69. The van der Waals surface area contributed by atoms with Gasteiger partial charge in [0.15, 0.2) is 0 Å². The van der Waals surface area contributed by atoms with Crippen molar-refractivity contribution in [3.8, 4) is 11.5 Å². The van der Waals surface area contributed by atoms with Crippen LogP contribution in [0.25, 0.3) is 0 Å². The lowest BCUT2D eigenvalue weighted by molar-refractivity contribution is 0.0947. The summed E-state index contributed by atoms with van der Waals surface area (Å²) in [6, 6.07) is 14.5. The maximum absolute atomic E-state index is 11.9. The fraction of sp³-hybridized carbons (Fsp3) is 0.188. The summed E-state index contributed by atoms with van der Waals surface area (Å²) < 4.78 is 11.6. The molecule has 21 heavy (non-hydrogen) atoms. The van der Waals surface area contributed by atoms with Crippen LogP contribution in [0.5, 0.6) is 11.5 Å². The van der Waals surface area contributed by atoms with Crippen LogP contribution in [0.4, 0.5) is 0 Å². The Kier molecular flexibility index (Phi) is 5.63. The number of nitrogens with one attached hydrogen (secondary N) is 1. The van der Waals surface area contributed by atoms with E-state index in [1.807, 2.05) is 24.3 Å². The highest BCUT2D eigenvalue weighted by Crippen LogP contribution is 2.17. The number of ether oxygens (including phenoxy) is 2. The molecule has 0 unspecified atom stereocenters. The predicted octanol–water partition coefficient (Wildman–Crippen LogP) is 3.27. The van der Waals surface area contributed by atoms with Gasteiger partial charge in [-0.15, -0.1) is 0 Å². The van der Waals surface area contributed by atoms with E-state index >= 15 is 0 Å². The standard InChI is InChI=1S/C16H16BrNO3/c1-20-14-7-5-12(6-8-14)16(19)18-9-10-21-15-4-2-3-13(17)11-15/h2-8,11H,9-10H2,1H3,(H,18,19). The highest BCUT2D eigenvalue weighted by atomic mass is 79.9. The molecule has 5 heteroatoms. The average molecular weight is 350 g/mol. The van der Waals surface area contributed by atoms with Crippen molar-refractivity contribution in [3.63, 3.8) is 0 Å². The average Bonchev–Trinajstić information content (AvgIpc) is 2.51. The monoisotopic (exact) mass is 349 g/mol. The molecule has 0 fully saturated rings. The second-order valence-corrected chi connectivity index (χ2v) is 5.21. The van der Waals surface area contributed by atoms with Crippen LogP contribution in [-0.2, 0) is 0 Å². The molecule has 0 spiro atoms. The fourth-order valence-corrected chi connectivity index (χ4v) is 2.11. The van der Waals surface area contributed by atoms with Crippen LogP contribution >= 0.6 is 15.9 Å². The molecule has 0 bridgehead atoms. The number of hydrogen-bond donors (Lipinski definition) is 1. The maximum atomic E-state index is 11.9. The van der Waals surface area contributed by atoms with Crippen molar-refractivity contribution < 1.29 is 14.3 Å². The number of carbonyl (C=O) groups is 1. The number of hydrogen-bond acceptors (Lipinski definition) is 3. The van der Waals surface area contributed by atoms with E-state index in [0.29, 0.717) is 18.7 Å². The Hall–Kier alpha value is -2.01. The van der Waals surface area contributed by atoms with Crippen molar-refractivity contribution in [3.05, 3.63) is 58.6 Å². The summed E-state index contributed by atoms with van der Waals surface area (Å²) in [5.74, 6) is 1.36. The first kappa shape index (κ1) is 15.4. The minimum atomic E-state index is -0.129. The third kappa shape index (κ3) is 4.79. The minimum Gasteiger partial charge on any atom is -0.497 e. The number of benzene rings is 2. The van der Waals surface area contributed by atoms with Crippen LogP contribution in [0, 0.1) is 0 Å². The molecule has 4 nitrogen and oxygen atoms in total. The van der Waals surface area contributed by atoms with Crippen LogP contribution in [0.1, 0.15) is 10.4 Å². The predicted molar refractivity (Wildman–Crippen MR) is 85.0 cm³/mol.